The third-order valence-electron chi connectivity index (χ3n) is 4.86. The number of aryl methyl sites for hydroxylation is 1. The first-order valence-electron chi connectivity index (χ1n) is 9.15. The van der Waals surface area contributed by atoms with E-state index < -0.39 is 10.0 Å². The smallest absolute Gasteiger partial charge is 0.256 e. The maximum atomic E-state index is 13.4. The second-order valence-corrected chi connectivity index (χ2v) is 10.2. The molecule has 1 aliphatic carbocycles. The summed E-state index contributed by atoms with van der Waals surface area (Å²) >= 11 is 1.15. The lowest BCUT2D eigenvalue weighted by molar-refractivity contribution is 0.102. The third kappa shape index (κ3) is 4.12. The first kappa shape index (κ1) is 19.5. The maximum Gasteiger partial charge on any atom is 0.256 e. The summed E-state index contributed by atoms with van der Waals surface area (Å²) in [4.78, 5) is 13.6. The van der Waals surface area contributed by atoms with E-state index >= 15 is 0 Å². The van der Waals surface area contributed by atoms with E-state index in [9.17, 15) is 17.6 Å². The van der Waals surface area contributed by atoms with Crippen LogP contribution in [0.1, 0.15) is 46.0 Å². The van der Waals surface area contributed by atoms with E-state index in [-0.39, 0.29) is 27.9 Å². The van der Waals surface area contributed by atoms with Crippen LogP contribution in [0.3, 0.4) is 0 Å². The van der Waals surface area contributed by atoms with Crippen LogP contribution < -0.4 is 10.0 Å². The molecule has 0 unspecified atom stereocenters. The first-order chi connectivity index (χ1) is 13.3. The molecule has 1 atom stereocenters. The Morgan fingerprint density at radius 1 is 1.25 bits per heavy atom. The molecule has 28 heavy (non-hydrogen) atoms. The Kier molecular flexibility index (Phi) is 5.26. The molecule has 150 valence electrons. The number of hydrogen-bond donors (Lipinski definition) is 2. The number of rotatable bonds is 6. The van der Waals surface area contributed by atoms with E-state index in [2.05, 4.69) is 10.0 Å². The molecule has 2 aromatic rings. The minimum absolute atomic E-state index is 0.140. The third-order valence-corrected chi connectivity index (χ3v) is 8.15. The molecule has 2 heterocycles. The molecule has 1 saturated heterocycles. The molecule has 1 aromatic heterocycles. The number of amides is 1. The summed E-state index contributed by atoms with van der Waals surface area (Å²) < 4.78 is 46.9. The van der Waals surface area contributed by atoms with E-state index in [1.165, 1.54) is 18.2 Å². The molecule has 4 rings (SSSR count). The average Bonchev–Trinajstić information content (AvgIpc) is 3.16. The van der Waals surface area contributed by atoms with Gasteiger partial charge in [0.1, 0.15) is 10.0 Å². The fraction of sp³-hybridized carbons (Fsp3) is 0.421. The number of benzene rings is 1. The van der Waals surface area contributed by atoms with E-state index in [0.29, 0.717) is 36.4 Å². The van der Waals surface area contributed by atoms with Crippen LogP contribution in [0, 0.1) is 12.7 Å². The van der Waals surface area contributed by atoms with Crippen LogP contribution in [0.5, 0.6) is 0 Å². The molecule has 2 N–H and O–H groups in total. The molecule has 2 aliphatic rings. The molecular weight excluding hydrogens is 403 g/mol. The van der Waals surface area contributed by atoms with Crippen LogP contribution in [-0.4, -0.2) is 33.6 Å². The maximum absolute atomic E-state index is 13.4. The van der Waals surface area contributed by atoms with Gasteiger partial charge in [-0.3, -0.25) is 4.79 Å². The monoisotopic (exact) mass is 424 g/mol. The van der Waals surface area contributed by atoms with Crippen molar-refractivity contribution in [2.24, 2.45) is 0 Å². The number of hydrogen-bond acceptors (Lipinski definition) is 5. The number of halogens is 1. The Morgan fingerprint density at radius 2 is 2.04 bits per heavy atom. The van der Waals surface area contributed by atoms with E-state index in [4.69, 9.17) is 4.74 Å². The second kappa shape index (κ2) is 7.55. The minimum Gasteiger partial charge on any atom is -0.380 e. The standard InChI is InChI=1S/C19H21FN2O4S2/c1-11-8-13(4-5-16(11)20)21-19(23)15-9-17(27-18(15)12-2-3-12)28(24,25)22-14-6-7-26-10-14/h4-5,8-9,12,14,22H,2-3,6-7,10H2,1H3,(H,21,23)/t14-/m0/s1. The topological polar surface area (TPSA) is 84.5 Å². The Labute approximate surface area is 167 Å². The minimum atomic E-state index is -3.71. The first-order valence-corrected chi connectivity index (χ1v) is 11.4. The zero-order valence-electron chi connectivity index (χ0n) is 15.3. The van der Waals surface area contributed by atoms with Gasteiger partial charge in [0.25, 0.3) is 5.91 Å². The molecule has 6 nitrogen and oxygen atoms in total. The number of nitrogens with one attached hydrogen (secondary N) is 2. The van der Waals surface area contributed by atoms with E-state index in [1.807, 2.05) is 0 Å². The van der Waals surface area contributed by atoms with Gasteiger partial charge < -0.3 is 10.1 Å². The van der Waals surface area contributed by atoms with Gasteiger partial charge in [0.15, 0.2) is 0 Å². The highest BCUT2D eigenvalue weighted by Crippen LogP contribution is 2.46. The van der Waals surface area contributed by atoms with Gasteiger partial charge in [-0.2, -0.15) is 0 Å². The summed E-state index contributed by atoms with van der Waals surface area (Å²) in [6.07, 6.45) is 2.52. The summed E-state index contributed by atoms with van der Waals surface area (Å²) in [5, 5.41) is 2.75. The number of thiophene rings is 1. The highest BCUT2D eigenvalue weighted by Gasteiger charge is 2.34. The molecule has 1 saturated carbocycles. The predicted octanol–water partition coefficient (Wildman–Crippen LogP) is 3.39. The van der Waals surface area contributed by atoms with Crippen LogP contribution in [0.4, 0.5) is 10.1 Å². The SMILES string of the molecule is Cc1cc(NC(=O)c2cc(S(=O)(=O)N[C@H]3CCOC3)sc2C2CC2)ccc1F. The number of carbonyl (C=O) groups is 1. The number of ether oxygens (including phenoxy) is 1. The van der Waals surface area contributed by atoms with Crippen molar-refractivity contribution in [3.63, 3.8) is 0 Å². The van der Waals surface area contributed by atoms with Crippen LogP contribution in [-0.2, 0) is 14.8 Å². The van der Waals surface area contributed by atoms with Crippen molar-refractivity contribution in [3.05, 3.63) is 46.1 Å². The van der Waals surface area contributed by atoms with E-state index in [0.717, 1.165) is 29.1 Å². The zero-order chi connectivity index (χ0) is 19.9. The Bertz CT molecular complexity index is 1010. The van der Waals surface area contributed by atoms with Crippen molar-refractivity contribution in [3.8, 4) is 0 Å². The Balaban J connectivity index is 1.59. The number of anilines is 1. The fourth-order valence-corrected chi connectivity index (χ4v) is 6.09. The molecule has 2 fully saturated rings. The van der Waals surface area contributed by atoms with Gasteiger partial charge in [-0.15, -0.1) is 11.3 Å². The molecule has 0 bridgehead atoms. The van der Waals surface area contributed by atoms with Gasteiger partial charge in [-0.1, -0.05) is 0 Å². The summed E-state index contributed by atoms with van der Waals surface area (Å²) in [5.74, 6) is -0.503. The normalized spacial score (nSPS) is 19.7. The van der Waals surface area contributed by atoms with Gasteiger partial charge in [0.05, 0.1) is 12.2 Å². The highest BCUT2D eigenvalue weighted by atomic mass is 32.2. The number of sulfonamides is 1. The fourth-order valence-electron chi connectivity index (χ4n) is 3.17. The van der Waals surface area contributed by atoms with Crippen molar-refractivity contribution in [2.45, 2.75) is 42.4 Å². The lowest BCUT2D eigenvalue weighted by atomic mass is 10.1. The van der Waals surface area contributed by atoms with Gasteiger partial charge >= 0.3 is 0 Å². The van der Waals surface area contributed by atoms with Gasteiger partial charge in [-0.25, -0.2) is 17.5 Å². The molecule has 1 amide bonds. The van der Waals surface area contributed by atoms with Gasteiger partial charge in [0, 0.05) is 23.2 Å². The van der Waals surface area contributed by atoms with Crippen molar-refractivity contribution in [1.29, 1.82) is 0 Å². The summed E-state index contributed by atoms with van der Waals surface area (Å²) in [6, 6.07) is 5.54. The van der Waals surface area contributed by atoms with Crippen molar-refractivity contribution < 1.29 is 22.3 Å². The van der Waals surface area contributed by atoms with Crippen LogP contribution in [0.25, 0.3) is 0 Å². The lowest BCUT2D eigenvalue weighted by Crippen LogP contribution is -2.34. The Morgan fingerprint density at radius 3 is 2.68 bits per heavy atom. The molecule has 1 aliphatic heterocycles. The zero-order valence-corrected chi connectivity index (χ0v) is 17.0. The largest absolute Gasteiger partial charge is 0.380 e. The molecule has 1 aromatic carbocycles. The van der Waals surface area contributed by atoms with Crippen LogP contribution in [0.15, 0.2) is 28.5 Å². The summed E-state index contributed by atoms with van der Waals surface area (Å²) in [5.41, 5.74) is 1.27. The number of carbonyl (C=O) groups excluding carboxylic acids is 1. The molecule has 0 radical (unpaired) electrons. The summed E-state index contributed by atoms with van der Waals surface area (Å²) in [6.45, 7) is 2.52. The predicted molar refractivity (Wildman–Crippen MR) is 105 cm³/mol. The molecule has 9 heteroatoms. The van der Waals surface area contributed by atoms with Crippen molar-refractivity contribution in [1.82, 2.24) is 4.72 Å². The van der Waals surface area contributed by atoms with Gasteiger partial charge in [-0.05, 0) is 61.9 Å². The van der Waals surface area contributed by atoms with Crippen molar-refractivity contribution >= 4 is 33.0 Å². The second-order valence-electron chi connectivity index (χ2n) is 7.22. The van der Waals surface area contributed by atoms with E-state index in [1.54, 1.807) is 13.0 Å². The molecule has 0 spiro atoms. The lowest BCUT2D eigenvalue weighted by Gasteiger charge is -2.09. The van der Waals surface area contributed by atoms with Crippen molar-refractivity contribution in [2.75, 3.05) is 18.5 Å². The quantitative estimate of drug-likeness (QED) is 0.745. The van der Waals surface area contributed by atoms with Gasteiger partial charge in [0.2, 0.25) is 10.0 Å². The average molecular weight is 425 g/mol. The van der Waals surface area contributed by atoms with Crippen LogP contribution >= 0.6 is 11.3 Å². The van der Waals surface area contributed by atoms with Crippen LogP contribution in [0.2, 0.25) is 0 Å². The highest BCUT2D eigenvalue weighted by molar-refractivity contribution is 7.91. The Hall–Kier alpha value is -1.81. The molecular formula is C19H21FN2O4S2. The summed E-state index contributed by atoms with van der Waals surface area (Å²) in [7, 11) is -3.71.